The van der Waals surface area contributed by atoms with Crippen molar-refractivity contribution in [1.29, 1.82) is 0 Å². The molecule has 0 bridgehead atoms. The molecule has 0 radical (unpaired) electrons. The molecule has 1 saturated carbocycles. The van der Waals surface area contributed by atoms with Crippen molar-refractivity contribution >= 4 is 29.7 Å². The van der Waals surface area contributed by atoms with Crippen LogP contribution in [-0.4, -0.2) is 73.4 Å². The molecule has 1 atom stereocenters. The van der Waals surface area contributed by atoms with Crippen LogP contribution in [0.2, 0.25) is 0 Å². The number of aromatic nitrogens is 3. The Bertz CT molecular complexity index is 1750. The summed E-state index contributed by atoms with van der Waals surface area (Å²) in [6.45, 7) is 9.01. The number of aryl methyl sites for hydroxylation is 1. The van der Waals surface area contributed by atoms with Crippen molar-refractivity contribution in [2.75, 3.05) is 25.0 Å². The standard InChI is InChI=1S/C38H47F2N5O7/c1-23-18-28(43-31(19-23)44-30-20-25(32(39)40)12-15-41-30)26-8-11-29(42-21-26)37(5,50)27-9-6-24(7-10-27)33(46)51-22-38(34(47)48)13-16-45(17-14-38)35(49)52-36(2,3)4/h8,11-12,15,18-21,24,27,32,50H,6-7,9-10,13-14,16-17,22H2,1-5H3,(H,47,48)(H,41,43,44)/t24-,27-,37-/m1/s1. The lowest BCUT2D eigenvalue weighted by Crippen LogP contribution is -2.50. The maximum atomic E-state index is 13.2. The lowest BCUT2D eigenvalue weighted by Gasteiger charge is -2.39. The highest BCUT2D eigenvalue weighted by Gasteiger charge is 2.45. The molecule has 1 aliphatic carbocycles. The molecule has 0 spiro atoms. The zero-order valence-electron chi connectivity index (χ0n) is 30.2. The van der Waals surface area contributed by atoms with Crippen LogP contribution in [0, 0.1) is 24.2 Å². The van der Waals surface area contributed by atoms with Gasteiger partial charge in [-0.05, 0) is 121 Å². The summed E-state index contributed by atoms with van der Waals surface area (Å²) in [6.07, 6.45) is 2.14. The fourth-order valence-corrected chi connectivity index (χ4v) is 6.80. The normalized spacial score (nSPS) is 20.1. The summed E-state index contributed by atoms with van der Waals surface area (Å²) < 4.78 is 37.3. The van der Waals surface area contributed by atoms with Gasteiger partial charge in [-0.2, -0.15) is 0 Å². The number of hydrogen-bond acceptors (Lipinski definition) is 10. The van der Waals surface area contributed by atoms with Crippen LogP contribution in [0.3, 0.4) is 0 Å². The summed E-state index contributed by atoms with van der Waals surface area (Å²) in [5.41, 5.74) is -0.722. The molecule has 0 unspecified atom stereocenters. The first kappa shape index (κ1) is 38.5. The van der Waals surface area contributed by atoms with Crippen molar-refractivity contribution in [2.24, 2.45) is 17.3 Å². The summed E-state index contributed by atoms with van der Waals surface area (Å²) in [6, 6.07) is 9.75. The number of nitrogens with one attached hydrogen (secondary N) is 1. The number of hydrogen-bond donors (Lipinski definition) is 3. The molecule has 1 amide bonds. The predicted octanol–water partition coefficient (Wildman–Crippen LogP) is 7.19. The minimum absolute atomic E-state index is 0.143. The first-order valence-corrected chi connectivity index (χ1v) is 17.5. The number of alkyl halides is 2. The van der Waals surface area contributed by atoms with Crippen LogP contribution in [0.4, 0.5) is 25.2 Å². The quantitative estimate of drug-likeness (QED) is 0.181. The number of carboxylic acids is 1. The summed E-state index contributed by atoms with van der Waals surface area (Å²) in [7, 11) is 0. The minimum atomic E-state index is -2.62. The molecule has 12 nitrogen and oxygen atoms in total. The largest absolute Gasteiger partial charge is 0.481 e. The Labute approximate surface area is 302 Å². The van der Waals surface area contributed by atoms with E-state index in [9.17, 15) is 33.4 Å². The number of nitrogens with zero attached hydrogens (tertiary/aromatic N) is 4. The summed E-state index contributed by atoms with van der Waals surface area (Å²) >= 11 is 0. The second-order valence-electron chi connectivity index (χ2n) is 15.1. The van der Waals surface area contributed by atoms with Gasteiger partial charge in [-0.15, -0.1) is 0 Å². The number of carboxylic acid groups (broad SMARTS) is 1. The third-order valence-corrected chi connectivity index (χ3v) is 10.0. The molecule has 3 N–H and O–H groups in total. The lowest BCUT2D eigenvalue weighted by atomic mass is 9.72. The Morgan fingerprint density at radius 1 is 1.00 bits per heavy atom. The minimum Gasteiger partial charge on any atom is -0.481 e. The molecule has 2 fully saturated rings. The zero-order chi connectivity index (χ0) is 37.8. The van der Waals surface area contributed by atoms with Gasteiger partial charge in [0.25, 0.3) is 6.43 Å². The highest BCUT2D eigenvalue weighted by molar-refractivity contribution is 5.77. The maximum Gasteiger partial charge on any atom is 0.410 e. The smallest absolute Gasteiger partial charge is 0.410 e. The van der Waals surface area contributed by atoms with Gasteiger partial charge in [0, 0.05) is 36.6 Å². The molecule has 14 heteroatoms. The van der Waals surface area contributed by atoms with Crippen molar-refractivity contribution in [3.8, 4) is 11.3 Å². The van der Waals surface area contributed by atoms with Crippen LogP contribution in [0.25, 0.3) is 11.3 Å². The average Bonchev–Trinajstić information content (AvgIpc) is 3.10. The van der Waals surface area contributed by atoms with Crippen molar-refractivity contribution in [1.82, 2.24) is 19.9 Å². The van der Waals surface area contributed by atoms with E-state index in [4.69, 9.17) is 9.47 Å². The van der Waals surface area contributed by atoms with E-state index in [0.29, 0.717) is 48.5 Å². The van der Waals surface area contributed by atoms with Gasteiger partial charge < -0.3 is 29.9 Å². The van der Waals surface area contributed by atoms with Crippen molar-refractivity contribution in [3.05, 3.63) is 65.6 Å². The summed E-state index contributed by atoms with van der Waals surface area (Å²) in [5.74, 6) is -1.43. The van der Waals surface area contributed by atoms with Crippen molar-refractivity contribution in [2.45, 2.75) is 90.8 Å². The van der Waals surface area contributed by atoms with Crippen LogP contribution >= 0.6 is 0 Å². The van der Waals surface area contributed by atoms with E-state index in [1.807, 2.05) is 19.1 Å². The van der Waals surface area contributed by atoms with Crippen LogP contribution in [0.5, 0.6) is 0 Å². The SMILES string of the molecule is Cc1cc(Nc2cc(C(F)F)ccn2)nc(-c2ccc([C@](C)(O)[C@H]3CC[C@H](C(=O)OCC4(C(=O)O)CCN(C(=O)OC(C)(C)C)CC4)CC3)nc2)c1. The Balaban J connectivity index is 1.15. The van der Waals surface area contributed by atoms with E-state index in [-0.39, 0.29) is 49.8 Å². The lowest BCUT2D eigenvalue weighted by molar-refractivity contribution is -0.166. The Morgan fingerprint density at radius 3 is 2.29 bits per heavy atom. The molecule has 5 rings (SSSR count). The molecular weight excluding hydrogens is 676 g/mol. The van der Waals surface area contributed by atoms with E-state index in [1.165, 1.54) is 23.2 Å². The first-order valence-electron chi connectivity index (χ1n) is 17.5. The molecule has 1 aliphatic heterocycles. The third-order valence-electron chi connectivity index (χ3n) is 10.0. The second kappa shape index (κ2) is 15.5. The van der Waals surface area contributed by atoms with Gasteiger partial charge in [0.1, 0.15) is 34.9 Å². The van der Waals surface area contributed by atoms with Crippen molar-refractivity contribution < 1.29 is 42.9 Å². The van der Waals surface area contributed by atoms with E-state index < -0.39 is 47.0 Å². The molecule has 4 heterocycles. The van der Waals surface area contributed by atoms with Crippen LogP contribution in [-0.2, 0) is 24.7 Å². The molecule has 2 aliphatic rings. The van der Waals surface area contributed by atoms with Crippen LogP contribution < -0.4 is 5.32 Å². The number of carbonyl (C=O) groups is 3. The van der Waals surface area contributed by atoms with Gasteiger partial charge in [0.15, 0.2) is 0 Å². The number of carbonyl (C=O) groups excluding carboxylic acids is 2. The number of halogens is 2. The topological polar surface area (TPSA) is 164 Å². The van der Waals surface area contributed by atoms with E-state index >= 15 is 0 Å². The molecule has 280 valence electrons. The second-order valence-corrected chi connectivity index (χ2v) is 15.1. The van der Waals surface area contributed by atoms with E-state index in [2.05, 4.69) is 20.3 Å². The fourth-order valence-electron chi connectivity index (χ4n) is 6.80. The number of rotatable bonds is 10. The Morgan fingerprint density at radius 2 is 1.69 bits per heavy atom. The van der Waals surface area contributed by atoms with E-state index in [1.54, 1.807) is 46.0 Å². The molecule has 3 aromatic rings. The highest BCUT2D eigenvalue weighted by atomic mass is 19.3. The number of esters is 1. The van der Waals surface area contributed by atoms with Gasteiger partial charge in [-0.1, -0.05) is 0 Å². The number of piperidine rings is 1. The van der Waals surface area contributed by atoms with Crippen LogP contribution in [0.15, 0.2) is 48.8 Å². The summed E-state index contributed by atoms with van der Waals surface area (Å²) in [4.78, 5) is 52.7. The van der Waals surface area contributed by atoms with Crippen molar-refractivity contribution in [3.63, 3.8) is 0 Å². The Kier molecular flexibility index (Phi) is 11.5. The van der Waals surface area contributed by atoms with E-state index in [0.717, 1.165) is 5.56 Å². The molecular formula is C38H47F2N5O7. The van der Waals surface area contributed by atoms with Gasteiger partial charge in [0.05, 0.1) is 17.3 Å². The maximum absolute atomic E-state index is 13.2. The first-order chi connectivity index (χ1) is 24.5. The molecule has 1 saturated heterocycles. The number of anilines is 2. The number of ether oxygens (including phenoxy) is 2. The molecule has 3 aromatic heterocycles. The van der Waals surface area contributed by atoms with Crippen LogP contribution in [0.1, 0.15) is 89.5 Å². The van der Waals surface area contributed by atoms with Gasteiger partial charge >= 0.3 is 18.0 Å². The van der Waals surface area contributed by atoms with Gasteiger partial charge in [-0.25, -0.2) is 23.5 Å². The Hall–Kier alpha value is -4.72. The molecule has 0 aromatic carbocycles. The predicted molar refractivity (Wildman–Crippen MR) is 188 cm³/mol. The van der Waals surface area contributed by atoms with Gasteiger partial charge in [0.2, 0.25) is 0 Å². The highest BCUT2D eigenvalue weighted by Crippen LogP contribution is 2.41. The number of aliphatic carboxylic acids is 1. The fraction of sp³-hybridized carbons (Fsp3) is 0.526. The molecule has 52 heavy (non-hydrogen) atoms. The number of amides is 1. The number of likely N-dealkylation sites (tertiary alicyclic amines) is 1. The number of pyridine rings is 3. The number of aliphatic hydroxyl groups is 1. The van der Waals surface area contributed by atoms with Gasteiger partial charge in [-0.3, -0.25) is 14.6 Å². The summed E-state index contributed by atoms with van der Waals surface area (Å²) in [5, 5.41) is 24.7. The third kappa shape index (κ3) is 9.19. The average molecular weight is 724 g/mol. The monoisotopic (exact) mass is 723 g/mol. The zero-order valence-corrected chi connectivity index (χ0v) is 30.2.